The average Bonchev–Trinajstić information content (AvgIpc) is 0.694. The Morgan fingerprint density at radius 1 is 0.254 bits per heavy atom. The molecule has 4 aromatic rings. The van der Waals surface area contributed by atoms with E-state index in [0.717, 1.165) is 36.4 Å². The van der Waals surface area contributed by atoms with E-state index in [1.54, 1.807) is 0 Å². The van der Waals surface area contributed by atoms with Gasteiger partial charge in [0.1, 0.15) is 59.7 Å². The predicted octanol–water partition coefficient (Wildman–Crippen LogP) is 21.7. The first-order valence-corrected chi connectivity index (χ1v) is 40.0. The summed E-state index contributed by atoms with van der Waals surface area (Å²) in [6, 6.07) is 8.75. The van der Waals surface area contributed by atoms with Crippen molar-refractivity contribution in [2.75, 3.05) is 59.1 Å². The minimum atomic E-state index is -9.29. The smallest absolute Gasteiger partial charge is 0.460 e. The molecule has 0 N–H and O–H groups in total. The Hall–Kier alpha value is -8.95. The summed E-state index contributed by atoms with van der Waals surface area (Å²) in [5.74, 6) is -174. The molecule has 4 aromatic carbocycles. The molecule has 0 spiro atoms. The van der Waals surface area contributed by atoms with Crippen molar-refractivity contribution in [3.8, 4) is 28.7 Å². The summed E-state index contributed by atoms with van der Waals surface area (Å²) in [7, 11) is -24.2. The van der Waals surface area contributed by atoms with Gasteiger partial charge in [-0.3, -0.25) is 4.79 Å². The Labute approximate surface area is 734 Å². The molecule has 0 heterocycles. The van der Waals surface area contributed by atoms with E-state index in [1.807, 2.05) is 0 Å². The van der Waals surface area contributed by atoms with Gasteiger partial charge in [0.05, 0.1) is 5.56 Å². The summed E-state index contributed by atoms with van der Waals surface area (Å²) in [4.78, 5) is 42.4. The van der Waals surface area contributed by atoms with Gasteiger partial charge in [-0.15, -0.1) is 0 Å². The van der Waals surface area contributed by atoms with Crippen LogP contribution < -0.4 is 23.7 Å². The molecular formula is C67H50F51N3O14S3. The highest BCUT2D eigenvalue weighted by molar-refractivity contribution is 7.90. The summed E-state index contributed by atoms with van der Waals surface area (Å²) < 4.78 is 823. The third-order valence-electron chi connectivity index (χ3n) is 18.4. The molecule has 0 aromatic heterocycles. The predicted molar refractivity (Wildman–Crippen MR) is 355 cm³/mol. The van der Waals surface area contributed by atoms with E-state index in [1.165, 1.54) is 0 Å². The van der Waals surface area contributed by atoms with Crippen LogP contribution in [0.4, 0.5) is 224 Å². The second kappa shape index (κ2) is 38.7. The minimum Gasteiger partial charge on any atom is -0.491 e. The number of alkyl halides is 51. The molecule has 0 bridgehead atoms. The maximum absolute atomic E-state index is 15.4. The molecule has 0 aliphatic heterocycles. The van der Waals surface area contributed by atoms with Crippen molar-refractivity contribution in [2.45, 2.75) is 187 Å². The SMILES string of the molecule is CCCN(CCOc1ccccc1C(=O)Cc1cc(OC(=O)c2ccccc2OCCN(CCC)S(=O)(=O)C(F)(F)C(F)(F)C(F)(F)C(F)(F)C(F)(F)C(F)(F)C(F)(F)C(F)(F)F)cc(OC(=O)c2ccccc2OCCN(CCC)S(=O)(=O)C(F)(F)C(F)(F)C(F)(F)C(F)(F)C(F)(F)C(F)(F)C(F)(F)C(F)(F)F)c1)S(=O)(=O)C(F)(F)C(F)(F)C(F)(F)C(F)(F)C(F)(F)C(F)(F)C(F)(F)C(F)(F)F. The van der Waals surface area contributed by atoms with E-state index in [2.05, 4.69) is 0 Å². The first-order valence-electron chi connectivity index (χ1n) is 35.6. The Morgan fingerprint density at radius 3 is 0.652 bits per heavy atom. The van der Waals surface area contributed by atoms with Crippen molar-refractivity contribution < 1.29 is 287 Å². The maximum atomic E-state index is 15.4. The van der Waals surface area contributed by atoms with Gasteiger partial charge in [-0.2, -0.15) is 237 Å². The average molecular weight is 2190 g/mol. The van der Waals surface area contributed by atoms with Gasteiger partial charge >= 0.3 is 153 Å². The van der Waals surface area contributed by atoms with Gasteiger partial charge in [0.15, 0.2) is 5.78 Å². The van der Waals surface area contributed by atoms with Gasteiger partial charge in [-0.05, 0) is 73.4 Å². The Bertz CT molecular complexity index is 4830. The number of carbonyl (C=O) groups is 3. The Morgan fingerprint density at radius 2 is 0.442 bits per heavy atom. The number of halogens is 51. The van der Waals surface area contributed by atoms with Crippen molar-refractivity contribution in [3.05, 3.63) is 113 Å². The highest BCUT2D eigenvalue weighted by atomic mass is 32.2. The molecule has 0 radical (unpaired) electrons. The summed E-state index contributed by atoms with van der Waals surface area (Å²) in [6.07, 6.45) is -29.3. The number of ketones is 1. The van der Waals surface area contributed by atoms with Crippen molar-refractivity contribution >= 4 is 47.8 Å². The van der Waals surface area contributed by atoms with Crippen molar-refractivity contribution in [1.29, 1.82) is 0 Å². The number of nitrogens with zero attached hydrogens (tertiary/aromatic N) is 3. The summed E-state index contributed by atoms with van der Waals surface area (Å²) in [5, 5.41) is -24.4. The molecule has 0 aliphatic carbocycles. The number of carbonyl (C=O) groups excluding carboxylic acids is 3. The standard InChI is InChI=1S/C67H50F51N3O14S3/c1-4-19-119(136(125,126)65(113,114)59(98,99)53(86,87)47(74,75)44(68,69)50(80,81)56(92,93)62(104,105)106)22-25-131-39-16-10-7-13-35(39)38(122)30-32-28-33(134-42(123)36-14-8-11-17-40(36)132-26-23-120(20-5-2)137(127,128)66(115,116)60(100,101)54(88,89)48(76,77)45(70,71)51(82,83)57(94,95)63(107,108)109)31-34(29-32)135-43(124)37-15-9-12-18-41(37)133-27-24-121(21-6-3)138(129,130)67(117,118)61(102,103)55(90,91)49(78,79)46(72,73)52(84,85)58(96,97)64(110,111)112/h7-18,28-29,31H,4-6,19-27,30H2,1-3H3. The van der Waals surface area contributed by atoms with Gasteiger partial charge < -0.3 is 23.7 Å². The van der Waals surface area contributed by atoms with E-state index in [4.69, 9.17) is 23.7 Å². The van der Waals surface area contributed by atoms with Crippen LogP contribution >= 0.6 is 0 Å². The molecule has 0 saturated carbocycles. The first kappa shape index (κ1) is 121. The van der Waals surface area contributed by atoms with E-state index < -0.39 is 337 Å². The quantitative estimate of drug-likeness (QED) is 0.0174. The van der Waals surface area contributed by atoms with Crippen LogP contribution in [0.15, 0.2) is 91.0 Å². The van der Waals surface area contributed by atoms with E-state index in [0.29, 0.717) is 69.3 Å². The molecule has 792 valence electrons. The van der Waals surface area contributed by atoms with Crippen molar-refractivity contribution in [3.63, 3.8) is 0 Å². The second-order valence-corrected chi connectivity index (χ2v) is 33.8. The first-order chi connectivity index (χ1) is 61.2. The molecular weight excluding hydrogens is 2140 g/mol. The molecule has 0 aliphatic rings. The molecule has 138 heavy (non-hydrogen) atoms. The number of sulfonamides is 3. The molecule has 71 heteroatoms. The zero-order valence-corrected chi connectivity index (χ0v) is 68.9. The molecule has 17 nitrogen and oxygen atoms in total. The fourth-order valence-electron chi connectivity index (χ4n) is 10.8. The highest BCUT2D eigenvalue weighted by Crippen LogP contribution is 2.69. The lowest BCUT2D eigenvalue weighted by Crippen LogP contribution is -2.75. The van der Waals surface area contributed by atoms with Crippen LogP contribution in [-0.2, 0) is 36.5 Å². The second-order valence-electron chi connectivity index (χ2n) is 27.8. The molecule has 0 fully saturated rings. The van der Waals surface area contributed by atoms with Gasteiger partial charge in [0, 0.05) is 51.8 Å². The van der Waals surface area contributed by atoms with Crippen molar-refractivity contribution in [1.82, 2.24) is 12.9 Å². The summed E-state index contributed by atoms with van der Waals surface area (Å²) >= 11 is 0. The lowest BCUT2D eigenvalue weighted by Gasteiger charge is -2.43. The molecule has 0 unspecified atom stereocenters. The highest BCUT2D eigenvalue weighted by Gasteiger charge is 3.00. The van der Waals surface area contributed by atoms with Crippen LogP contribution in [-0.4, -0.2) is 256 Å². The lowest BCUT2D eigenvalue weighted by molar-refractivity contribution is -0.458. The number of esters is 2. The monoisotopic (exact) mass is 2190 g/mol. The molecule has 0 saturated heterocycles. The number of benzene rings is 4. The summed E-state index contributed by atoms with van der Waals surface area (Å²) in [6.45, 7) is -15.3. The van der Waals surface area contributed by atoms with Crippen LogP contribution in [0.5, 0.6) is 28.7 Å². The lowest BCUT2D eigenvalue weighted by atomic mass is 9.91. The minimum absolute atomic E-state index is 0.282. The fraction of sp³-hybridized carbons (Fsp3) is 0.597. The van der Waals surface area contributed by atoms with E-state index in [-0.39, 0.29) is 6.07 Å². The molecule has 0 atom stereocenters. The zero-order chi connectivity index (χ0) is 108. The Balaban J connectivity index is 1.87. The van der Waals surface area contributed by atoms with Crippen molar-refractivity contribution in [2.24, 2.45) is 0 Å². The van der Waals surface area contributed by atoms with Crippen LogP contribution in [0.25, 0.3) is 0 Å². The van der Waals surface area contributed by atoms with Crippen LogP contribution in [0.1, 0.15) is 76.7 Å². The van der Waals surface area contributed by atoms with Crippen LogP contribution in [0.2, 0.25) is 0 Å². The number of hydrogen-bond acceptors (Lipinski definition) is 14. The Kier molecular flexibility index (Phi) is 34.0. The van der Waals surface area contributed by atoms with Crippen LogP contribution in [0, 0.1) is 0 Å². The fourth-order valence-corrected chi connectivity index (χ4v) is 15.3. The zero-order valence-electron chi connectivity index (χ0n) is 66.4. The van der Waals surface area contributed by atoms with E-state index in [9.17, 15) is 211 Å². The maximum Gasteiger partial charge on any atom is 0.460 e. The summed E-state index contributed by atoms with van der Waals surface area (Å²) in [5.41, 5.74) is -4.30. The topological polar surface area (TPSA) is 209 Å². The third kappa shape index (κ3) is 19.6. The van der Waals surface area contributed by atoms with E-state index >= 15 is 52.7 Å². The van der Waals surface area contributed by atoms with Gasteiger partial charge in [-0.25, -0.2) is 34.8 Å². The third-order valence-corrected chi connectivity index (χ3v) is 24.3. The van der Waals surface area contributed by atoms with Gasteiger partial charge in [-0.1, -0.05) is 57.2 Å². The van der Waals surface area contributed by atoms with Gasteiger partial charge in [0.25, 0.3) is 30.1 Å². The van der Waals surface area contributed by atoms with Crippen LogP contribution in [0.3, 0.4) is 0 Å². The largest absolute Gasteiger partial charge is 0.491 e. The number of ether oxygens (including phenoxy) is 5. The number of Topliss-reactive ketones (excluding diaryl/α,β-unsaturated/α-hetero) is 1. The van der Waals surface area contributed by atoms with Gasteiger partial charge in [0.2, 0.25) is 0 Å². The number of rotatable bonds is 49. The number of hydrogen-bond donors (Lipinski definition) is 0. The number of para-hydroxylation sites is 3. The molecule has 0 amide bonds. The normalized spacial score (nSPS) is 15.1. The molecule has 4 rings (SSSR count).